The van der Waals surface area contributed by atoms with Crippen molar-refractivity contribution in [1.82, 2.24) is 9.55 Å². The Labute approximate surface area is 329 Å². The molecule has 11 heteroatoms. The van der Waals surface area contributed by atoms with Gasteiger partial charge in [-0.2, -0.15) is 0 Å². The highest BCUT2D eigenvalue weighted by atomic mass is 32.2. The second-order valence-corrected chi connectivity index (χ2v) is 15.9. The predicted octanol–water partition coefficient (Wildman–Crippen LogP) is 8.68. The number of ether oxygens (including phenoxy) is 3. The van der Waals surface area contributed by atoms with Crippen molar-refractivity contribution in [2.75, 3.05) is 49.7 Å². The Morgan fingerprint density at radius 3 is 2.44 bits per heavy atom. The van der Waals surface area contributed by atoms with Crippen molar-refractivity contribution in [3.8, 4) is 16.9 Å². The zero-order valence-corrected chi connectivity index (χ0v) is 33.8. The molecule has 5 rings (SSSR count). The third-order valence-electron chi connectivity index (χ3n) is 9.52. The van der Waals surface area contributed by atoms with Crippen LogP contribution in [0, 0.1) is 5.41 Å². The summed E-state index contributed by atoms with van der Waals surface area (Å²) in [5, 5.41) is 3.07. The number of fused-ring (bicyclic) bond motifs is 1. The lowest BCUT2D eigenvalue weighted by Crippen LogP contribution is -2.41. The Bertz CT molecular complexity index is 1870. The fourth-order valence-electron chi connectivity index (χ4n) is 6.53. The van der Waals surface area contributed by atoms with Crippen LogP contribution in [0.15, 0.2) is 89.7 Å². The number of nitrogens with one attached hydrogen (secondary N) is 1. The van der Waals surface area contributed by atoms with Crippen molar-refractivity contribution in [3.05, 3.63) is 96.1 Å². The maximum Gasteiger partial charge on any atom is 0.313 e. The lowest BCUT2D eigenvalue weighted by atomic mass is 9.90. The van der Waals surface area contributed by atoms with E-state index in [0.29, 0.717) is 61.2 Å². The van der Waals surface area contributed by atoms with E-state index < -0.39 is 16.6 Å². The molecule has 0 spiro atoms. The van der Waals surface area contributed by atoms with Gasteiger partial charge in [0.05, 0.1) is 36.8 Å². The van der Waals surface area contributed by atoms with Crippen molar-refractivity contribution in [2.45, 2.75) is 83.9 Å². The number of hydrogen-bond acceptors (Lipinski definition) is 8. The molecule has 1 amide bonds. The first kappa shape index (κ1) is 41.6. The fourth-order valence-corrected chi connectivity index (χ4v) is 7.65. The van der Waals surface area contributed by atoms with Gasteiger partial charge in [0.1, 0.15) is 12.4 Å². The maximum absolute atomic E-state index is 13.8. The number of carbonyl (C=O) groups excluding carboxylic acids is 2. The minimum Gasteiger partial charge on any atom is -0.611 e. The number of aryl methyl sites for hydroxylation is 1. The standard InChI is InChI=1S/C44H56N4O6S/c1-6-9-24-52-25-26-54-39-17-12-33(13-18-39)34-14-21-41-36(27-34)28-35(11-10-23-47(41)31-44(4,5)43(50)53-8-3)42(49)46-37-15-19-40(20-16-37)55(51)30-38-29-45-32-48(38)22-7-2/h12-21,27-29,32H,6-11,22-26,30-31H2,1-5H3,(H,46,49)/b35-28+/t55-/m0/s1. The third kappa shape index (κ3) is 11.7. The van der Waals surface area contributed by atoms with Gasteiger partial charge in [-0.3, -0.25) is 9.59 Å². The molecule has 1 aliphatic heterocycles. The molecule has 0 radical (unpaired) electrons. The fraction of sp³-hybridized carbons (Fsp3) is 0.432. The van der Waals surface area contributed by atoms with E-state index >= 15 is 0 Å². The molecule has 10 nitrogen and oxygen atoms in total. The Kier molecular flexibility index (Phi) is 15.4. The Morgan fingerprint density at radius 1 is 0.945 bits per heavy atom. The van der Waals surface area contributed by atoms with E-state index in [-0.39, 0.29) is 11.9 Å². The van der Waals surface area contributed by atoms with Crippen molar-refractivity contribution >= 4 is 40.5 Å². The molecule has 2 heterocycles. The van der Waals surface area contributed by atoms with Gasteiger partial charge in [-0.15, -0.1) is 0 Å². The van der Waals surface area contributed by atoms with Gasteiger partial charge in [0.15, 0.2) is 10.6 Å². The van der Waals surface area contributed by atoms with Crippen molar-refractivity contribution in [1.29, 1.82) is 0 Å². The van der Waals surface area contributed by atoms with Gasteiger partial charge in [-0.1, -0.05) is 38.5 Å². The summed E-state index contributed by atoms with van der Waals surface area (Å²) in [5.41, 5.74) is 5.33. The summed E-state index contributed by atoms with van der Waals surface area (Å²) >= 11 is -1.25. The van der Waals surface area contributed by atoms with Crippen molar-refractivity contribution in [2.24, 2.45) is 5.41 Å². The number of unbranched alkanes of at least 4 members (excludes halogenated alkanes) is 1. The molecule has 4 aromatic rings. The molecule has 1 atom stereocenters. The first-order chi connectivity index (χ1) is 26.6. The minimum absolute atomic E-state index is 0.186. The van der Waals surface area contributed by atoms with Crippen LogP contribution < -0.4 is 15.0 Å². The van der Waals surface area contributed by atoms with E-state index in [1.54, 1.807) is 36.8 Å². The first-order valence-electron chi connectivity index (χ1n) is 19.5. The average molecular weight is 769 g/mol. The normalized spacial score (nSPS) is 14.6. The number of aromatic nitrogens is 2. The number of anilines is 2. The van der Waals surface area contributed by atoms with Gasteiger partial charge in [0.25, 0.3) is 5.91 Å². The van der Waals surface area contributed by atoms with Crippen molar-refractivity contribution in [3.63, 3.8) is 0 Å². The molecular formula is C44H56N4O6S. The number of imidazole rings is 1. The van der Waals surface area contributed by atoms with Crippen LogP contribution in [0.3, 0.4) is 0 Å². The zero-order valence-electron chi connectivity index (χ0n) is 33.0. The summed E-state index contributed by atoms with van der Waals surface area (Å²) in [6.45, 7) is 14.0. The second-order valence-electron chi connectivity index (χ2n) is 14.5. The smallest absolute Gasteiger partial charge is 0.313 e. The molecule has 294 valence electrons. The molecule has 1 aliphatic rings. The monoisotopic (exact) mass is 768 g/mol. The molecule has 1 N–H and O–H groups in total. The van der Waals surface area contributed by atoms with Crippen LogP contribution in [-0.2, 0) is 42.5 Å². The summed E-state index contributed by atoms with van der Waals surface area (Å²) in [7, 11) is 0. The number of carbonyl (C=O) groups is 2. The number of rotatable bonds is 19. The van der Waals surface area contributed by atoms with Crippen LogP contribution in [0.4, 0.5) is 11.4 Å². The Balaban J connectivity index is 1.35. The van der Waals surface area contributed by atoms with Gasteiger partial charge >= 0.3 is 5.97 Å². The van der Waals surface area contributed by atoms with Gasteiger partial charge in [0.2, 0.25) is 0 Å². The van der Waals surface area contributed by atoms with Crippen LogP contribution in [0.5, 0.6) is 5.75 Å². The first-order valence-corrected chi connectivity index (χ1v) is 20.8. The Hall–Kier alpha value is -4.58. The van der Waals surface area contributed by atoms with E-state index in [2.05, 4.69) is 47.2 Å². The quantitative estimate of drug-likeness (QED) is 0.0572. The molecular weight excluding hydrogens is 713 g/mol. The second kappa shape index (κ2) is 20.4. The van der Waals surface area contributed by atoms with Gasteiger partial charge in [0, 0.05) is 43.2 Å². The Morgan fingerprint density at radius 2 is 1.71 bits per heavy atom. The van der Waals surface area contributed by atoms with E-state index in [1.165, 1.54) is 0 Å². The average Bonchev–Trinajstić information content (AvgIpc) is 3.61. The number of benzene rings is 3. The molecule has 1 aromatic heterocycles. The SMILES string of the molecule is CCCCOCCOc1ccc(-c2ccc3c(c2)/C=C(/C(=O)Nc2ccc([S@@+]([O-])Cc4cncn4CCC)cc2)CCCN3CC(C)(C)C(=O)OCC)cc1. The highest BCUT2D eigenvalue weighted by Crippen LogP contribution is 2.35. The summed E-state index contributed by atoms with van der Waals surface area (Å²) < 4.78 is 32.2. The summed E-state index contributed by atoms with van der Waals surface area (Å²) in [6.07, 6.45) is 9.91. The highest BCUT2D eigenvalue weighted by Gasteiger charge is 2.33. The van der Waals surface area contributed by atoms with Gasteiger partial charge in [-0.05, 0) is 129 Å². The summed E-state index contributed by atoms with van der Waals surface area (Å²) in [4.78, 5) is 33.9. The minimum atomic E-state index is -1.25. The van der Waals surface area contributed by atoms with Crippen LogP contribution in [-0.4, -0.2) is 65.5 Å². The summed E-state index contributed by atoms with van der Waals surface area (Å²) in [6, 6.07) is 21.5. The molecule has 0 saturated carbocycles. The molecule has 55 heavy (non-hydrogen) atoms. The zero-order chi connectivity index (χ0) is 39.2. The third-order valence-corrected chi connectivity index (χ3v) is 10.9. The lowest BCUT2D eigenvalue weighted by molar-refractivity contribution is -0.152. The molecule has 3 aromatic carbocycles. The molecule has 0 bridgehead atoms. The van der Waals surface area contributed by atoms with Gasteiger partial charge < -0.3 is 33.5 Å². The summed E-state index contributed by atoms with van der Waals surface area (Å²) in [5.74, 6) is 0.729. The van der Waals surface area contributed by atoms with Crippen LogP contribution in [0.25, 0.3) is 17.2 Å². The maximum atomic E-state index is 13.8. The molecule has 0 fully saturated rings. The van der Waals surface area contributed by atoms with Crippen LogP contribution >= 0.6 is 0 Å². The largest absolute Gasteiger partial charge is 0.611 e. The molecule has 0 unspecified atom stereocenters. The van der Waals surface area contributed by atoms with E-state index in [9.17, 15) is 14.1 Å². The van der Waals surface area contributed by atoms with E-state index in [1.807, 2.05) is 55.7 Å². The number of esters is 1. The molecule has 0 aliphatic carbocycles. The van der Waals surface area contributed by atoms with Crippen molar-refractivity contribution < 1.29 is 28.4 Å². The number of hydrogen-bond donors (Lipinski definition) is 1. The van der Waals surface area contributed by atoms with Crippen LogP contribution in [0.2, 0.25) is 0 Å². The molecule has 0 saturated heterocycles. The van der Waals surface area contributed by atoms with E-state index in [0.717, 1.165) is 72.7 Å². The highest BCUT2D eigenvalue weighted by molar-refractivity contribution is 7.90. The van der Waals surface area contributed by atoms with Gasteiger partial charge in [-0.25, -0.2) is 4.98 Å². The lowest BCUT2D eigenvalue weighted by Gasteiger charge is -2.35. The van der Waals surface area contributed by atoms with E-state index in [4.69, 9.17) is 14.2 Å². The number of nitrogens with zero attached hydrogens (tertiary/aromatic N) is 3. The van der Waals surface area contributed by atoms with Crippen LogP contribution in [0.1, 0.15) is 78.0 Å². The number of amides is 1. The predicted molar refractivity (Wildman–Crippen MR) is 221 cm³/mol. The topological polar surface area (TPSA) is 118 Å².